The third-order valence-corrected chi connectivity index (χ3v) is 4.05. The number of aromatic amines is 1. The SMILES string of the molecule is CCN(CC)CCNc1cc(-c2nc3ccccc3[nH]2)ccn1. The molecule has 0 bridgehead atoms. The maximum atomic E-state index is 4.64. The molecule has 2 heterocycles. The van der Waals surface area contributed by atoms with Crippen molar-refractivity contribution >= 4 is 16.9 Å². The summed E-state index contributed by atoms with van der Waals surface area (Å²) in [6, 6.07) is 12.1. The van der Waals surface area contributed by atoms with Gasteiger partial charge in [-0.15, -0.1) is 0 Å². The lowest BCUT2D eigenvalue weighted by Crippen LogP contribution is -2.28. The number of hydrogen-bond acceptors (Lipinski definition) is 4. The number of H-pyrrole nitrogens is 1. The van der Waals surface area contributed by atoms with E-state index in [1.165, 1.54) is 0 Å². The van der Waals surface area contributed by atoms with Crippen LogP contribution in [0.3, 0.4) is 0 Å². The molecule has 0 radical (unpaired) electrons. The van der Waals surface area contributed by atoms with Crippen molar-refractivity contribution in [3.8, 4) is 11.4 Å². The van der Waals surface area contributed by atoms with Crippen molar-refractivity contribution < 1.29 is 0 Å². The number of rotatable bonds is 7. The van der Waals surface area contributed by atoms with E-state index in [0.717, 1.165) is 54.4 Å². The first-order valence-electron chi connectivity index (χ1n) is 8.17. The van der Waals surface area contributed by atoms with E-state index in [-0.39, 0.29) is 0 Å². The average molecular weight is 309 g/mol. The Bertz CT molecular complexity index is 728. The van der Waals surface area contributed by atoms with Crippen molar-refractivity contribution in [1.29, 1.82) is 0 Å². The highest BCUT2D eigenvalue weighted by Gasteiger charge is 2.06. The first-order chi connectivity index (χ1) is 11.3. The number of nitrogens with one attached hydrogen (secondary N) is 2. The largest absolute Gasteiger partial charge is 0.369 e. The number of fused-ring (bicyclic) bond motifs is 1. The van der Waals surface area contributed by atoms with Crippen LogP contribution in [0.4, 0.5) is 5.82 Å². The van der Waals surface area contributed by atoms with E-state index < -0.39 is 0 Å². The molecule has 3 rings (SSSR count). The number of benzene rings is 1. The number of para-hydroxylation sites is 2. The lowest BCUT2D eigenvalue weighted by Gasteiger charge is -2.18. The maximum Gasteiger partial charge on any atom is 0.138 e. The van der Waals surface area contributed by atoms with Crippen molar-refractivity contribution in [3.05, 3.63) is 42.6 Å². The maximum absolute atomic E-state index is 4.64. The molecule has 0 spiro atoms. The average Bonchev–Trinajstić information content (AvgIpc) is 3.03. The summed E-state index contributed by atoms with van der Waals surface area (Å²) in [5.74, 6) is 1.76. The molecule has 0 saturated carbocycles. The number of aromatic nitrogens is 3. The molecule has 0 atom stereocenters. The fraction of sp³-hybridized carbons (Fsp3) is 0.333. The van der Waals surface area contributed by atoms with Crippen LogP contribution in [0, 0.1) is 0 Å². The predicted octanol–water partition coefficient (Wildman–Crippen LogP) is 3.38. The van der Waals surface area contributed by atoms with E-state index in [2.05, 4.69) is 39.0 Å². The summed E-state index contributed by atoms with van der Waals surface area (Å²) in [6.07, 6.45) is 1.82. The summed E-state index contributed by atoms with van der Waals surface area (Å²) in [5.41, 5.74) is 3.08. The zero-order chi connectivity index (χ0) is 16.1. The van der Waals surface area contributed by atoms with Crippen molar-refractivity contribution in [2.45, 2.75) is 13.8 Å². The second-order valence-electron chi connectivity index (χ2n) is 5.49. The molecule has 0 aliphatic heterocycles. The van der Waals surface area contributed by atoms with Gasteiger partial charge in [-0.3, -0.25) is 0 Å². The summed E-state index contributed by atoms with van der Waals surface area (Å²) in [6.45, 7) is 8.42. The van der Waals surface area contributed by atoms with Gasteiger partial charge < -0.3 is 15.2 Å². The van der Waals surface area contributed by atoms with Gasteiger partial charge in [0.25, 0.3) is 0 Å². The standard InChI is InChI=1S/C18H23N5/c1-3-23(4-2)12-11-20-17-13-14(9-10-19-17)18-21-15-7-5-6-8-16(15)22-18/h5-10,13H,3-4,11-12H2,1-2H3,(H,19,20)(H,21,22). The number of hydrogen-bond donors (Lipinski definition) is 2. The van der Waals surface area contributed by atoms with Gasteiger partial charge in [-0.2, -0.15) is 0 Å². The molecule has 1 aromatic carbocycles. The molecular weight excluding hydrogens is 286 g/mol. The molecule has 0 aliphatic rings. The number of nitrogens with zero attached hydrogens (tertiary/aromatic N) is 3. The summed E-state index contributed by atoms with van der Waals surface area (Å²) in [7, 11) is 0. The van der Waals surface area contributed by atoms with E-state index in [1.54, 1.807) is 0 Å². The van der Waals surface area contributed by atoms with Crippen molar-refractivity contribution in [2.24, 2.45) is 0 Å². The molecule has 0 unspecified atom stereocenters. The second-order valence-corrected chi connectivity index (χ2v) is 5.49. The van der Waals surface area contributed by atoms with Crippen molar-refractivity contribution in [1.82, 2.24) is 19.9 Å². The normalized spacial score (nSPS) is 11.3. The monoisotopic (exact) mass is 309 g/mol. The molecule has 2 N–H and O–H groups in total. The molecule has 0 fully saturated rings. The Morgan fingerprint density at radius 3 is 2.74 bits per heavy atom. The Hall–Kier alpha value is -2.40. The van der Waals surface area contributed by atoms with Crippen LogP contribution in [0.2, 0.25) is 0 Å². The summed E-state index contributed by atoms with van der Waals surface area (Å²) < 4.78 is 0. The van der Waals surface area contributed by atoms with Gasteiger partial charge in [0.2, 0.25) is 0 Å². The van der Waals surface area contributed by atoms with E-state index in [9.17, 15) is 0 Å². The van der Waals surface area contributed by atoms with Crippen LogP contribution in [0.1, 0.15) is 13.8 Å². The number of likely N-dealkylation sites (N-methyl/N-ethyl adjacent to an activating group) is 1. The quantitative estimate of drug-likeness (QED) is 0.702. The molecular formula is C18H23N5. The van der Waals surface area contributed by atoms with Gasteiger partial charge in [0, 0.05) is 24.8 Å². The van der Waals surface area contributed by atoms with E-state index in [0.29, 0.717) is 0 Å². The number of imidazole rings is 1. The van der Waals surface area contributed by atoms with Gasteiger partial charge in [-0.1, -0.05) is 26.0 Å². The first-order valence-corrected chi connectivity index (χ1v) is 8.17. The Morgan fingerprint density at radius 1 is 1.13 bits per heavy atom. The lowest BCUT2D eigenvalue weighted by atomic mass is 10.2. The van der Waals surface area contributed by atoms with E-state index in [1.807, 2.05) is 42.6 Å². The van der Waals surface area contributed by atoms with Gasteiger partial charge in [-0.05, 0) is 37.4 Å². The van der Waals surface area contributed by atoms with Crippen LogP contribution < -0.4 is 5.32 Å². The fourth-order valence-corrected chi connectivity index (χ4v) is 2.65. The molecule has 23 heavy (non-hydrogen) atoms. The zero-order valence-electron chi connectivity index (χ0n) is 13.7. The molecule has 0 aliphatic carbocycles. The Labute approximate surface area is 136 Å². The predicted molar refractivity (Wildman–Crippen MR) is 95.6 cm³/mol. The molecule has 0 amide bonds. The van der Waals surface area contributed by atoms with Crippen molar-refractivity contribution in [2.75, 3.05) is 31.5 Å². The van der Waals surface area contributed by atoms with Gasteiger partial charge in [-0.25, -0.2) is 9.97 Å². The minimum Gasteiger partial charge on any atom is -0.369 e. The molecule has 120 valence electrons. The summed E-state index contributed by atoms with van der Waals surface area (Å²) >= 11 is 0. The third kappa shape index (κ3) is 3.68. The van der Waals surface area contributed by atoms with Gasteiger partial charge in [0.15, 0.2) is 0 Å². The third-order valence-electron chi connectivity index (χ3n) is 4.05. The highest BCUT2D eigenvalue weighted by atomic mass is 15.1. The van der Waals surface area contributed by atoms with Gasteiger partial charge in [0.1, 0.15) is 11.6 Å². The van der Waals surface area contributed by atoms with Gasteiger partial charge in [0.05, 0.1) is 11.0 Å². The molecule has 3 aromatic rings. The summed E-state index contributed by atoms with van der Waals surface area (Å²) in [4.78, 5) is 14.8. The second kappa shape index (κ2) is 7.24. The minimum atomic E-state index is 0.875. The molecule has 2 aromatic heterocycles. The van der Waals surface area contributed by atoms with E-state index >= 15 is 0 Å². The highest BCUT2D eigenvalue weighted by molar-refractivity contribution is 5.79. The van der Waals surface area contributed by atoms with Crippen molar-refractivity contribution in [3.63, 3.8) is 0 Å². The van der Waals surface area contributed by atoms with Crippen LogP contribution in [0.5, 0.6) is 0 Å². The van der Waals surface area contributed by atoms with Gasteiger partial charge >= 0.3 is 0 Å². The van der Waals surface area contributed by atoms with E-state index in [4.69, 9.17) is 0 Å². The fourth-order valence-electron chi connectivity index (χ4n) is 2.65. The van der Waals surface area contributed by atoms with Crippen LogP contribution in [0.15, 0.2) is 42.6 Å². The summed E-state index contributed by atoms with van der Waals surface area (Å²) in [5, 5.41) is 3.39. The van der Waals surface area contributed by atoms with Crippen LogP contribution in [-0.2, 0) is 0 Å². The highest BCUT2D eigenvalue weighted by Crippen LogP contribution is 2.21. The zero-order valence-corrected chi connectivity index (χ0v) is 13.7. The smallest absolute Gasteiger partial charge is 0.138 e. The lowest BCUT2D eigenvalue weighted by molar-refractivity contribution is 0.316. The molecule has 5 nitrogen and oxygen atoms in total. The van der Waals surface area contributed by atoms with Crippen LogP contribution >= 0.6 is 0 Å². The Kier molecular flexibility index (Phi) is 4.88. The molecule has 5 heteroatoms. The topological polar surface area (TPSA) is 56.8 Å². The van der Waals surface area contributed by atoms with Crippen LogP contribution in [-0.4, -0.2) is 46.0 Å². The number of anilines is 1. The first kappa shape index (κ1) is 15.5. The Balaban J connectivity index is 1.72. The number of pyridine rings is 1. The Morgan fingerprint density at radius 2 is 1.96 bits per heavy atom. The van der Waals surface area contributed by atoms with Crippen LogP contribution in [0.25, 0.3) is 22.4 Å². The molecule has 0 saturated heterocycles. The minimum absolute atomic E-state index is 0.875.